The summed E-state index contributed by atoms with van der Waals surface area (Å²) < 4.78 is 10.4. The van der Waals surface area contributed by atoms with E-state index in [2.05, 4.69) is 18.0 Å². The van der Waals surface area contributed by atoms with Gasteiger partial charge >= 0.3 is 5.97 Å². The van der Waals surface area contributed by atoms with Gasteiger partial charge in [0.15, 0.2) is 18.5 Å². The number of carbonyl (C=O) groups is 1. The van der Waals surface area contributed by atoms with Gasteiger partial charge in [-0.2, -0.15) is 0 Å². The largest absolute Gasteiger partial charge is 0.472 e. The lowest BCUT2D eigenvalue weighted by Crippen LogP contribution is -2.25. The van der Waals surface area contributed by atoms with Crippen LogP contribution < -0.4 is 0 Å². The number of ether oxygens (including phenoxy) is 2. The van der Waals surface area contributed by atoms with E-state index in [1.165, 1.54) is 11.3 Å². The second-order valence-electron chi connectivity index (χ2n) is 3.67. The Morgan fingerprint density at radius 3 is 3.00 bits per heavy atom. The summed E-state index contributed by atoms with van der Waals surface area (Å²) in [7, 11) is 0. The molecule has 0 saturated carbocycles. The van der Waals surface area contributed by atoms with Crippen LogP contribution in [0, 0.1) is 0 Å². The quantitative estimate of drug-likeness (QED) is 0.774. The average molecular weight is 253 g/mol. The molecule has 0 fully saturated rings. The van der Waals surface area contributed by atoms with E-state index in [9.17, 15) is 4.79 Å². The van der Waals surface area contributed by atoms with Gasteiger partial charge in [-0.1, -0.05) is 6.92 Å². The second kappa shape index (κ2) is 5.31. The average Bonchev–Trinajstić information content (AvgIpc) is 2.97. The van der Waals surface area contributed by atoms with Crippen LogP contribution in [0.25, 0.3) is 0 Å². The molecule has 2 unspecified atom stereocenters. The van der Waals surface area contributed by atoms with Crippen LogP contribution in [-0.2, 0) is 20.7 Å². The van der Waals surface area contributed by atoms with Crippen molar-refractivity contribution in [2.24, 2.45) is 4.99 Å². The van der Waals surface area contributed by atoms with Gasteiger partial charge in [-0.15, -0.1) is 11.3 Å². The maximum Gasteiger partial charge on any atom is 0.335 e. The number of nitrogens with zero attached hydrogens (tertiary/aromatic N) is 1. The van der Waals surface area contributed by atoms with E-state index < -0.39 is 6.04 Å². The van der Waals surface area contributed by atoms with Gasteiger partial charge in [0.05, 0.1) is 6.61 Å². The number of aliphatic imine (C=N–C) groups is 1. The van der Waals surface area contributed by atoms with Crippen LogP contribution in [0.2, 0.25) is 0 Å². The fourth-order valence-electron chi connectivity index (χ4n) is 1.69. The Balaban J connectivity index is 2.12. The summed E-state index contributed by atoms with van der Waals surface area (Å²) in [6.07, 6.45) is 2.01. The number of hydrogen-bond donors (Lipinski definition) is 0. The first-order valence-corrected chi connectivity index (χ1v) is 6.50. The van der Waals surface area contributed by atoms with Gasteiger partial charge in [-0.05, 0) is 25.5 Å². The first-order valence-electron chi connectivity index (χ1n) is 5.68. The molecule has 2 heterocycles. The monoisotopic (exact) mass is 253 g/mol. The summed E-state index contributed by atoms with van der Waals surface area (Å²) in [4.78, 5) is 18.0. The van der Waals surface area contributed by atoms with Gasteiger partial charge in [0.25, 0.3) is 0 Å². The van der Waals surface area contributed by atoms with E-state index in [0.29, 0.717) is 6.61 Å². The minimum Gasteiger partial charge on any atom is -0.472 e. The molecular weight excluding hydrogens is 238 g/mol. The van der Waals surface area contributed by atoms with Crippen molar-refractivity contribution >= 4 is 23.7 Å². The second-order valence-corrected chi connectivity index (χ2v) is 4.87. The van der Waals surface area contributed by atoms with E-state index in [1.54, 1.807) is 18.3 Å². The molecule has 1 aliphatic rings. The Morgan fingerprint density at radius 1 is 1.53 bits per heavy atom. The summed E-state index contributed by atoms with van der Waals surface area (Å²) in [5.74, 6) is -0.322. The predicted octanol–water partition coefficient (Wildman–Crippen LogP) is 2.34. The van der Waals surface area contributed by atoms with Gasteiger partial charge in [0.2, 0.25) is 0 Å². The van der Waals surface area contributed by atoms with Crippen molar-refractivity contribution in [2.75, 3.05) is 6.61 Å². The molecule has 4 nitrogen and oxygen atoms in total. The third kappa shape index (κ3) is 2.49. The lowest BCUT2D eigenvalue weighted by atomic mass is 10.1. The highest BCUT2D eigenvalue weighted by Gasteiger charge is 2.35. The van der Waals surface area contributed by atoms with Crippen LogP contribution >= 0.6 is 11.3 Å². The Morgan fingerprint density at radius 2 is 2.35 bits per heavy atom. The standard InChI is InChI=1S/C12H15NO3S/c1-3-8-5-6-9(17-8)11-10(13-7-16-11)12(14)15-4-2/h5-7,10-11H,3-4H2,1-2H3. The molecule has 92 valence electrons. The molecule has 1 aromatic heterocycles. The van der Waals surface area contributed by atoms with Crippen molar-refractivity contribution in [2.45, 2.75) is 32.4 Å². The van der Waals surface area contributed by atoms with Crippen molar-refractivity contribution in [1.82, 2.24) is 0 Å². The highest BCUT2D eigenvalue weighted by Crippen LogP contribution is 2.32. The van der Waals surface area contributed by atoms with Crippen molar-refractivity contribution in [3.63, 3.8) is 0 Å². The molecule has 2 rings (SSSR count). The molecule has 0 saturated heterocycles. The lowest BCUT2D eigenvalue weighted by Gasteiger charge is -2.14. The number of carbonyl (C=O) groups excluding carboxylic acids is 1. The molecule has 0 N–H and O–H groups in total. The zero-order valence-corrected chi connectivity index (χ0v) is 10.7. The molecule has 0 radical (unpaired) electrons. The summed E-state index contributed by atoms with van der Waals surface area (Å²) in [5.41, 5.74) is 0. The summed E-state index contributed by atoms with van der Waals surface area (Å²) in [6.45, 7) is 4.25. The molecule has 0 amide bonds. The van der Waals surface area contributed by atoms with Crippen molar-refractivity contribution in [3.8, 4) is 0 Å². The van der Waals surface area contributed by atoms with Gasteiger partial charge in [-0.25, -0.2) is 9.79 Å². The fourth-order valence-corrected chi connectivity index (χ4v) is 2.71. The molecule has 5 heteroatoms. The van der Waals surface area contributed by atoms with E-state index >= 15 is 0 Å². The molecule has 17 heavy (non-hydrogen) atoms. The van der Waals surface area contributed by atoms with E-state index in [-0.39, 0.29) is 12.1 Å². The van der Waals surface area contributed by atoms with Crippen LogP contribution in [0.1, 0.15) is 29.7 Å². The minimum atomic E-state index is -0.557. The minimum absolute atomic E-state index is 0.320. The number of esters is 1. The highest BCUT2D eigenvalue weighted by molar-refractivity contribution is 7.12. The maximum absolute atomic E-state index is 11.7. The number of rotatable bonds is 4. The van der Waals surface area contributed by atoms with Crippen LogP contribution in [0.5, 0.6) is 0 Å². The molecule has 1 aromatic rings. The summed E-state index contributed by atoms with van der Waals surface area (Å²) >= 11 is 1.66. The SMILES string of the molecule is CCOC(=O)C1N=COC1c1ccc(CC)s1. The Bertz CT molecular complexity index is 427. The number of thiophene rings is 1. The predicted molar refractivity (Wildman–Crippen MR) is 66.4 cm³/mol. The maximum atomic E-state index is 11.7. The fraction of sp³-hybridized carbons (Fsp3) is 0.500. The van der Waals surface area contributed by atoms with Crippen LogP contribution in [0.3, 0.4) is 0 Å². The van der Waals surface area contributed by atoms with Gasteiger partial charge in [0, 0.05) is 9.75 Å². The Hall–Kier alpha value is -1.36. The molecule has 0 aromatic carbocycles. The van der Waals surface area contributed by atoms with Crippen LogP contribution in [-0.4, -0.2) is 25.0 Å². The van der Waals surface area contributed by atoms with Crippen molar-refractivity contribution in [3.05, 3.63) is 21.9 Å². The summed E-state index contributed by atoms with van der Waals surface area (Å²) in [6, 6.07) is 3.50. The molecule has 0 bridgehead atoms. The first kappa shape index (κ1) is 12.1. The molecule has 0 spiro atoms. The Labute approximate surface area is 104 Å². The third-order valence-corrected chi connectivity index (χ3v) is 3.85. The normalized spacial score (nSPS) is 22.5. The third-order valence-electron chi connectivity index (χ3n) is 2.56. The zero-order chi connectivity index (χ0) is 12.3. The Kier molecular flexibility index (Phi) is 3.78. The van der Waals surface area contributed by atoms with Gasteiger partial charge in [0.1, 0.15) is 0 Å². The topological polar surface area (TPSA) is 47.9 Å². The molecule has 1 aliphatic heterocycles. The van der Waals surface area contributed by atoms with Crippen molar-refractivity contribution in [1.29, 1.82) is 0 Å². The molecule has 2 atom stereocenters. The first-order chi connectivity index (χ1) is 8.26. The lowest BCUT2D eigenvalue weighted by molar-refractivity contribution is -0.146. The van der Waals surface area contributed by atoms with Gasteiger partial charge in [-0.3, -0.25) is 0 Å². The van der Waals surface area contributed by atoms with Crippen molar-refractivity contribution < 1.29 is 14.3 Å². The molecular formula is C12H15NO3S. The van der Waals surface area contributed by atoms with Crippen LogP contribution in [0.15, 0.2) is 17.1 Å². The highest BCUT2D eigenvalue weighted by atomic mass is 32.1. The molecule has 0 aliphatic carbocycles. The number of hydrogen-bond acceptors (Lipinski definition) is 5. The van der Waals surface area contributed by atoms with Crippen LogP contribution in [0.4, 0.5) is 0 Å². The van der Waals surface area contributed by atoms with E-state index in [0.717, 1.165) is 11.3 Å². The zero-order valence-electron chi connectivity index (χ0n) is 9.88. The smallest absolute Gasteiger partial charge is 0.335 e. The van der Waals surface area contributed by atoms with Gasteiger partial charge < -0.3 is 9.47 Å². The number of aryl methyl sites for hydroxylation is 1. The van der Waals surface area contributed by atoms with E-state index in [4.69, 9.17) is 9.47 Å². The summed E-state index contributed by atoms with van der Waals surface area (Å²) in [5, 5.41) is 0. The van der Waals surface area contributed by atoms with E-state index in [1.807, 2.05) is 6.07 Å².